The fourth-order valence-corrected chi connectivity index (χ4v) is 2.63. The Morgan fingerprint density at radius 3 is 2.28 bits per heavy atom. The number of carbonyl (C=O) groups is 2. The number of carbonyl (C=O) groups excluding carboxylic acids is 2. The third kappa shape index (κ3) is 4.01. The van der Waals surface area contributed by atoms with Crippen LogP contribution in [0.25, 0.3) is 16.8 Å². The predicted molar refractivity (Wildman–Crippen MR) is 99.8 cm³/mol. The van der Waals surface area contributed by atoms with Crippen molar-refractivity contribution in [2.75, 3.05) is 0 Å². The van der Waals surface area contributed by atoms with Crippen LogP contribution in [0.4, 0.5) is 0 Å². The summed E-state index contributed by atoms with van der Waals surface area (Å²) in [5.74, 6) is -0.779. The van der Waals surface area contributed by atoms with Crippen molar-refractivity contribution in [1.82, 2.24) is 0 Å². The number of phenols is 1. The van der Waals surface area contributed by atoms with Gasteiger partial charge in [0.1, 0.15) is 5.75 Å². The fraction of sp³-hybridized carbons (Fsp3) is 0.0909. The van der Waals surface area contributed by atoms with E-state index in [0.717, 1.165) is 21.9 Å². The topological polar surface area (TPSA) is 54.4 Å². The van der Waals surface area contributed by atoms with Gasteiger partial charge >= 0.3 is 0 Å². The molecule has 124 valence electrons. The van der Waals surface area contributed by atoms with E-state index < -0.39 is 0 Å². The minimum Gasteiger partial charge on any atom is -0.507 e. The first-order chi connectivity index (χ1) is 12.0. The predicted octanol–water partition coefficient (Wildman–Crippen LogP) is 4.71. The zero-order valence-electron chi connectivity index (χ0n) is 13.9. The second-order valence-electron chi connectivity index (χ2n) is 6.03. The van der Waals surface area contributed by atoms with Crippen LogP contribution in [0.2, 0.25) is 0 Å². The molecule has 0 amide bonds. The van der Waals surface area contributed by atoms with Gasteiger partial charge < -0.3 is 5.11 Å². The number of Topliss-reactive ketones (excluding diaryl/α,β-unsaturated/α-hetero) is 1. The SMILES string of the molecule is Cc1ccc(C=CC(=O)CC(=O)c2cc3ccccc3cc2O)cc1. The summed E-state index contributed by atoms with van der Waals surface area (Å²) in [7, 11) is 0. The van der Waals surface area contributed by atoms with Crippen molar-refractivity contribution in [1.29, 1.82) is 0 Å². The molecule has 0 saturated carbocycles. The zero-order valence-corrected chi connectivity index (χ0v) is 13.9. The summed E-state index contributed by atoms with van der Waals surface area (Å²) in [6, 6.07) is 18.4. The molecule has 0 radical (unpaired) electrons. The van der Waals surface area contributed by atoms with Gasteiger partial charge in [-0.25, -0.2) is 0 Å². The van der Waals surface area contributed by atoms with Gasteiger partial charge in [-0.3, -0.25) is 9.59 Å². The molecule has 3 aromatic rings. The zero-order chi connectivity index (χ0) is 17.8. The van der Waals surface area contributed by atoms with Crippen LogP contribution in [0, 0.1) is 6.92 Å². The molecule has 1 N–H and O–H groups in total. The minimum absolute atomic E-state index is 0.0981. The van der Waals surface area contributed by atoms with Crippen LogP contribution in [0.1, 0.15) is 27.9 Å². The summed E-state index contributed by atoms with van der Waals surface area (Å²) in [6.45, 7) is 1.99. The number of ketones is 2. The Morgan fingerprint density at radius 1 is 0.960 bits per heavy atom. The highest BCUT2D eigenvalue weighted by molar-refractivity contribution is 6.14. The van der Waals surface area contributed by atoms with E-state index in [1.54, 1.807) is 18.2 Å². The van der Waals surface area contributed by atoms with Gasteiger partial charge in [-0.1, -0.05) is 60.2 Å². The molecule has 0 aromatic heterocycles. The molecule has 25 heavy (non-hydrogen) atoms. The second-order valence-corrected chi connectivity index (χ2v) is 6.03. The molecule has 3 rings (SSSR count). The Balaban J connectivity index is 1.74. The molecular formula is C22H18O3. The molecule has 0 aliphatic rings. The molecule has 3 nitrogen and oxygen atoms in total. The maximum Gasteiger partial charge on any atom is 0.174 e. The van der Waals surface area contributed by atoms with Gasteiger partial charge in [0.05, 0.1) is 12.0 Å². The van der Waals surface area contributed by atoms with E-state index in [2.05, 4.69) is 0 Å². The summed E-state index contributed by atoms with van der Waals surface area (Å²) in [6.07, 6.45) is 2.82. The first-order valence-electron chi connectivity index (χ1n) is 8.05. The van der Waals surface area contributed by atoms with Crippen molar-refractivity contribution < 1.29 is 14.7 Å². The lowest BCUT2D eigenvalue weighted by molar-refractivity contribution is -0.113. The number of allylic oxidation sites excluding steroid dienone is 1. The Kier molecular flexibility index (Phi) is 4.75. The highest BCUT2D eigenvalue weighted by atomic mass is 16.3. The largest absolute Gasteiger partial charge is 0.507 e. The van der Waals surface area contributed by atoms with Crippen LogP contribution in [0.3, 0.4) is 0 Å². The molecule has 3 aromatic carbocycles. The van der Waals surface area contributed by atoms with Crippen molar-refractivity contribution in [3.05, 3.63) is 83.4 Å². The van der Waals surface area contributed by atoms with E-state index in [9.17, 15) is 14.7 Å². The summed E-state index contributed by atoms with van der Waals surface area (Å²) in [4.78, 5) is 24.4. The number of aromatic hydroxyl groups is 1. The normalized spacial score (nSPS) is 11.1. The van der Waals surface area contributed by atoms with Crippen molar-refractivity contribution in [2.45, 2.75) is 13.3 Å². The molecule has 0 aliphatic carbocycles. The van der Waals surface area contributed by atoms with Crippen LogP contribution in [-0.4, -0.2) is 16.7 Å². The minimum atomic E-state index is -0.387. The summed E-state index contributed by atoms with van der Waals surface area (Å²) >= 11 is 0. The summed E-state index contributed by atoms with van der Waals surface area (Å²) < 4.78 is 0. The number of phenolic OH excluding ortho intramolecular Hbond substituents is 1. The maximum atomic E-state index is 12.4. The summed E-state index contributed by atoms with van der Waals surface area (Å²) in [5.41, 5.74) is 2.22. The number of rotatable bonds is 5. The Hall–Kier alpha value is -3.20. The lowest BCUT2D eigenvalue weighted by atomic mass is 10.00. The number of fused-ring (bicyclic) bond motifs is 1. The van der Waals surface area contributed by atoms with Crippen molar-refractivity contribution in [3.8, 4) is 5.75 Å². The van der Waals surface area contributed by atoms with E-state index in [-0.39, 0.29) is 29.3 Å². The number of aryl methyl sites for hydroxylation is 1. The number of hydrogen-bond acceptors (Lipinski definition) is 3. The number of benzene rings is 3. The third-order valence-electron chi connectivity index (χ3n) is 4.04. The van der Waals surface area contributed by atoms with Gasteiger partial charge in [-0.15, -0.1) is 0 Å². The van der Waals surface area contributed by atoms with E-state index in [4.69, 9.17) is 0 Å². The monoisotopic (exact) mass is 330 g/mol. The van der Waals surface area contributed by atoms with Crippen molar-refractivity contribution in [3.63, 3.8) is 0 Å². The fourth-order valence-electron chi connectivity index (χ4n) is 2.63. The lowest BCUT2D eigenvalue weighted by Gasteiger charge is -2.05. The van der Waals surface area contributed by atoms with Gasteiger partial charge in [0, 0.05) is 0 Å². The van der Waals surface area contributed by atoms with Crippen LogP contribution in [0.15, 0.2) is 66.7 Å². The molecule has 0 spiro atoms. The second kappa shape index (κ2) is 7.14. The van der Waals surface area contributed by atoms with Gasteiger partial charge in [0.2, 0.25) is 0 Å². The average Bonchev–Trinajstić information content (AvgIpc) is 2.60. The molecule has 0 saturated heterocycles. The van der Waals surface area contributed by atoms with Gasteiger partial charge in [0.15, 0.2) is 11.6 Å². The quantitative estimate of drug-likeness (QED) is 0.419. The lowest BCUT2D eigenvalue weighted by Crippen LogP contribution is -2.06. The third-order valence-corrected chi connectivity index (χ3v) is 4.04. The van der Waals surface area contributed by atoms with Crippen LogP contribution < -0.4 is 0 Å². The highest BCUT2D eigenvalue weighted by Gasteiger charge is 2.15. The average molecular weight is 330 g/mol. The molecule has 0 heterocycles. The standard InChI is InChI=1S/C22H18O3/c1-15-6-8-16(9-7-15)10-11-19(23)14-22(25)20-12-17-4-2-3-5-18(17)13-21(20)24/h2-13,24H,14H2,1H3. The van der Waals surface area contributed by atoms with E-state index in [1.807, 2.05) is 55.5 Å². The van der Waals surface area contributed by atoms with Gasteiger partial charge in [-0.2, -0.15) is 0 Å². The van der Waals surface area contributed by atoms with Crippen LogP contribution in [-0.2, 0) is 4.79 Å². The number of hydrogen-bond donors (Lipinski definition) is 1. The van der Waals surface area contributed by atoms with E-state index in [0.29, 0.717) is 0 Å². The van der Waals surface area contributed by atoms with E-state index in [1.165, 1.54) is 6.08 Å². The first-order valence-corrected chi connectivity index (χ1v) is 8.05. The molecule has 0 unspecified atom stereocenters. The molecule has 0 atom stereocenters. The molecule has 3 heteroatoms. The van der Waals surface area contributed by atoms with Gasteiger partial charge in [-0.05, 0) is 41.5 Å². The van der Waals surface area contributed by atoms with Crippen molar-refractivity contribution >= 4 is 28.4 Å². The van der Waals surface area contributed by atoms with Crippen LogP contribution in [0.5, 0.6) is 5.75 Å². The Morgan fingerprint density at radius 2 is 1.60 bits per heavy atom. The molecule has 0 fully saturated rings. The van der Waals surface area contributed by atoms with Gasteiger partial charge in [0.25, 0.3) is 0 Å². The Labute approximate surface area is 146 Å². The highest BCUT2D eigenvalue weighted by Crippen LogP contribution is 2.26. The first kappa shape index (κ1) is 16.7. The van der Waals surface area contributed by atoms with Crippen LogP contribution >= 0.6 is 0 Å². The maximum absolute atomic E-state index is 12.4. The van der Waals surface area contributed by atoms with Crippen molar-refractivity contribution in [2.24, 2.45) is 0 Å². The smallest absolute Gasteiger partial charge is 0.174 e. The molecule has 0 bridgehead atoms. The Bertz CT molecular complexity index is 966. The van der Waals surface area contributed by atoms with E-state index >= 15 is 0 Å². The summed E-state index contributed by atoms with van der Waals surface area (Å²) in [5, 5.41) is 11.8. The molecular weight excluding hydrogens is 312 g/mol. The molecule has 0 aliphatic heterocycles.